The van der Waals surface area contributed by atoms with E-state index in [2.05, 4.69) is 11.9 Å². The molecule has 0 amide bonds. The van der Waals surface area contributed by atoms with Crippen molar-refractivity contribution in [3.05, 3.63) is 58.7 Å². The highest BCUT2D eigenvalue weighted by Gasteiger charge is 2.42. The first-order valence-corrected chi connectivity index (χ1v) is 9.34. The summed E-state index contributed by atoms with van der Waals surface area (Å²) in [5.41, 5.74) is 0. The Labute approximate surface area is 155 Å². The third-order valence-electron chi connectivity index (χ3n) is 2.70. The first-order chi connectivity index (χ1) is 12.5. The van der Waals surface area contributed by atoms with Gasteiger partial charge >= 0.3 is 29.9 Å². The van der Waals surface area contributed by atoms with Crippen LogP contribution in [0.15, 0.2) is 12.1 Å². The molecule has 0 fully saturated rings. The van der Waals surface area contributed by atoms with Gasteiger partial charge in [-0.3, -0.25) is 0 Å². The second kappa shape index (κ2) is 8.16. The molecular formula is C12H2F8IO5P. The zero-order valence-corrected chi connectivity index (χ0v) is 15.1. The fraction of sp³-hybridized carbons (Fsp3) is 0. The SMILES string of the molecule is O=P(O[I+][O-])(Oc1ccc(F)c(F)c1F)Oc1c(F)c(F)c(F)c(F)c1F. The van der Waals surface area contributed by atoms with Crippen LogP contribution in [0, 0.1) is 46.5 Å². The maximum Gasteiger partial charge on any atom is 0.632 e. The molecule has 27 heavy (non-hydrogen) atoms. The van der Waals surface area contributed by atoms with Crippen molar-refractivity contribution < 1.29 is 77.1 Å². The third kappa shape index (κ3) is 4.28. The van der Waals surface area contributed by atoms with Gasteiger partial charge < -0.3 is 12.5 Å². The van der Waals surface area contributed by atoms with Crippen molar-refractivity contribution in [1.29, 1.82) is 0 Å². The smallest absolute Gasteiger partial charge is 0.566 e. The molecule has 0 N–H and O–H groups in total. The molecule has 1 unspecified atom stereocenters. The molecular weight excluding hydrogens is 534 g/mol. The minimum atomic E-state index is -5.56. The average molecular weight is 536 g/mol. The van der Waals surface area contributed by atoms with Crippen molar-refractivity contribution in [2.45, 2.75) is 0 Å². The summed E-state index contributed by atoms with van der Waals surface area (Å²) in [4.78, 5) is 0. The van der Waals surface area contributed by atoms with E-state index >= 15 is 0 Å². The molecule has 0 bridgehead atoms. The molecule has 15 heteroatoms. The number of halogens is 9. The van der Waals surface area contributed by atoms with Crippen LogP contribution in [0.2, 0.25) is 0 Å². The molecule has 0 aliphatic carbocycles. The third-order valence-corrected chi connectivity index (χ3v) is 5.68. The van der Waals surface area contributed by atoms with Gasteiger partial charge in [-0.1, -0.05) is 0 Å². The average Bonchev–Trinajstić information content (AvgIpc) is 2.63. The zero-order valence-electron chi connectivity index (χ0n) is 12.0. The Bertz CT molecular complexity index is 914. The lowest BCUT2D eigenvalue weighted by atomic mass is 10.3. The molecule has 0 saturated carbocycles. The number of benzene rings is 2. The summed E-state index contributed by atoms with van der Waals surface area (Å²) in [6.45, 7) is 0. The van der Waals surface area contributed by atoms with Gasteiger partial charge in [-0.25, -0.2) is 26.5 Å². The minimum absolute atomic E-state index is 0.280. The molecule has 2 aromatic rings. The largest absolute Gasteiger partial charge is 0.632 e. The Morgan fingerprint density at radius 1 is 0.741 bits per heavy atom. The molecule has 1 atom stereocenters. The van der Waals surface area contributed by atoms with Gasteiger partial charge in [0.25, 0.3) is 0 Å². The second-order valence-corrected chi connectivity index (χ2v) is 7.27. The molecule has 0 heterocycles. The van der Waals surface area contributed by atoms with Crippen molar-refractivity contribution in [2.75, 3.05) is 0 Å². The van der Waals surface area contributed by atoms with Gasteiger partial charge in [0.2, 0.25) is 40.7 Å². The Morgan fingerprint density at radius 3 is 1.78 bits per heavy atom. The fourth-order valence-electron chi connectivity index (χ4n) is 1.56. The van der Waals surface area contributed by atoms with Gasteiger partial charge in [-0.05, 0) is 15.0 Å². The summed E-state index contributed by atoms with van der Waals surface area (Å²) in [5.74, 6) is -22.2. The molecule has 0 aliphatic rings. The van der Waals surface area contributed by atoms with Gasteiger partial charge in [-0.2, -0.15) is 13.2 Å². The topological polar surface area (TPSA) is 67.8 Å². The summed E-state index contributed by atoms with van der Waals surface area (Å²) < 4.78 is 141. The molecule has 0 aliphatic heterocycles. The quantitative estimate of drug-likeness (QED) is 0.179. The van der Waals surface area contributed by atoms with E-state index in [0.717, 1.165) is 0 Å². The van der Waals surface area contributed by atoms with E-state index in [-0.39, 0.29) is 6.07 Å². The summed E-state index contributed by atoms with van der Waals surface area (Å²) in [7, 11) is -5.56. The van der Waals surface area contributed by atoms with Crippen LogP contribution in [0.25, 0.3) is 0 Å². The van der Waals surface area contributed by atoms with E-state index in [1.54, 1.807) is 0 Å². The molecule has 2 aromatic carbocycles. The van der Waals surface area contributed by atoms with Crippen LogP contribution in [-0.2, 0) is 7.42 Å². The van der Waals surface area contributed by atoms with Crippen molar-refractivity contribution in [2.24, 2.45) is 0 Å². The maximum atomic E-state index is 13.6. The van der Waals surface area contributed by atoms with Gasteiger partial charge in [0.05, 0.1) is 0 Å². The van der Waals surface area contributed by atoms with Crippen LogP contribution >= 0.6 is 7.82 Å². The summed E-state index contributed by atoms with van der Waals surface area (Å²) in [6.07, 6.45) is 0. The first-order valence-electron chi connectivity index (χ1n) is 6.12. The van der Waals surface area contributed by atoms with Gasteiger partial charge in [-0.15, -0.1) is 0 Å². The van der Waals surface area contributed by atoms with E-state index in [1.807, 2.05) is 0 Å². The number of hydrogen-bond acceptors (Lipinski definition) is 5. The van der Waals surface area contributed by atoms with Gasteiger partial charge in [0.1, 0.15) is 0 Å². The van der Waals surface area contributed by atoms with E-state index in [4.69, 9.17) is 0 Å². The van der Waals surface area contributed by atoms with E-state index in [1.165, 1.54) is 0 Å². The van der Waals surface area contributed by atoms with Crippen LogP contribution in [0.4, 0.5) is 35.1 Å². The molecule has 0 spiro atoms. The number of hydrogen-bond donors (Lipinski definition) is 0. The molecule has 2 rings (SSSR count). The van der Waals surface area contributed by atoms with Crippen LogP contribution < -0.4 is 34.5 Å². The van der Waals surface area contributed by atoms with Crippen LogP contribution in [0.3, 0.4) is 0 Å². The Morgan fingerprint density at radius 2 is 1.26 bits per heavy atom. The van der Waals surface area contributed by atoms with Gasteiger partial charge in [0, 0.05) is 0 Å². The van der Waals surface area contributed by atoms with Crippen molar-refractivity contribution >= 4 is 7.82 Å². The predicted molar refractivity (Wildman–Crippen MR) is 62.5 cm³/mol. The highest BCUT2D eigenvalue weighted by Crippen LogP contribution is 2.49. The lowest BCUT2D eigenvalue weighted by Gasteiger charge is -2.16. The van der Waals surface area contributed by atoms with E-state index < -0.39 is 87.9 Å². The lowest BCUT2D eigenvalue weighted by molar-refractivity contribution is -1.25. The predicted octanol–water partition coefficient (Wildman–Crippen LogP) is 0.661. The number of rotatable bonds is 6. The molecule has 0 aromatic heterocycles. The molecule has 0 radical (unpaired) electrons. The highest BCUT2D eigenvalue weighted by molar-refractivity contribution is 7.49. The fourth-order valence-corrected chi connectivity index (χ4v) is 3.56. The van der Waals surface area contributed by atoms with Crippen LogP contribution in [0.5, 0.6) is 11.5 Å². The van der Waals surface area contributed by atoms with Crippen LogP contribution in [0.1, 0.15) is 0 Å². The Kier molecular flexibility index (Phi) is 6.55. The maximum absolute atomic E-state index is 13.6. The van der Waals surface area contributed by atoms with Crippen molar-refractivity contribution in [3.63, 3.8) is 0 Å². The van der Waals surface area contributed by atoms with Gasteiger partial charge in [0.15, 0.2) is 17.4 Å². The summed E-state index contributed by atoms with van der Waals surface area (Å²) in [6, 6.07) is 0.623. The summed E-state index contributed by atoms with van der Waals surface area (Å²) >= 11 is -2.81. The van der Waals surface area contributed by atoms with E-state index in [0.29, 0.717) is 6.07 Å². The second-order valence-electron chi connectivity index (χ2n) is 4.33. The Balaban J connectivity index is 2.50. The first kappa shape index (κ1) is 21.7. The Hall–Kier alpha value is -1.64. The minimum Gasteiger partial charge on any atom is -0.566 e. The summed E-state index contributed by atoms with van der Waals surface area (Å²) in [5, 5.41) is 0. The van der Waals surface area contributed by atoms with E-state index in [9.17, 15) is 43.1 Å². The number of phosphoric ester groups is 1. The standard InChI is InChI=1S/C12H2F8IO5P/c13-3-1-2-4(6(15)5(3)14)24-27(23,26-21-22)25-12-10(19)8(17)7(16)9(18)11(12)20/h1-2H. The molecule has 148 valence electrons. The lowest BCUT2D eigenvalue weighted by Crippen LogP contribution is -3.69. The zero-order chi connectivity index (χ0) is 20.5. The molecule has 5 nitrogen and oxygen atoms in total. The molecule has 0 saturated heterocycles. The monoisotopic (exact) mass is 536 g/mol. The van der Waals surface area contributed by atoms with Crippen LogP contribution in [-0.4, -0.2) is 0 Å². The number of phosphoric acid groups is 1. The highest BCUT2D eigenvalue weighted by atomic mass is 127. The normalized spacial score (nSPS) is 13.4. The van der Waals surface area contributed by atoms with Crippen molar-refractivity contribution in [1.82, 2.24) is 0 Å². The van der Waals surface area contributed by atoms with Crippen molar-refractivity contribution in [3.8, 4) is 11.5 Å².